The quantitative estimate of drug-likeness (QED) is 0.661. The minimum atomic E-state index is 0.0379. The lowest BCUT2D eigenvalue weighted by Crippen LogP contribution is -2.12. The number of fused-ring (bicyclic) bond motifs is 1. The highest BCUT2D eigenvalue weighted by molar-refractivity contribution is 7.99. The minimum absolute atomic E-state index is 0.0379. The number of benzene rings is 2. The van der Waals surface area contributed by atoms with Gasteiger partial charge in [0.2, 0.25) is 5.91 Å². The van der Waals surface area contributed by atoms with Crippen molar-refractivity contribution in [2.75, 3.05) is 11.1 Å². The Bertz CT molecular complexity index is 825. The smallest absolute Gasteiger partial charge is 0.225 e. The molecule has 0 unspecified atom stereocenters. The van der Waals surface area contributed by atoms with Crippen molar-refractivity contribution in [1.82, 2.24) is 4.98 Å². The first-order valence-electron chi connectivity index (χ1n) is 7.47. The average molecular weight is 342 g/mol. The summed E-state index contributed by atoms with van der Waals surface area (Å²) in [4.78, 5) is 17.7. The van der Waals surface area contributed by atoms with Crippen molar-refractivity contribution in [2.45, 2.75) is 25.2 Å². The molecule has 3 rings (SSSR count). The number of aryl methyl sites for hydroxylation is 2. The van der Waals surface area contributed by atoms with Crippen LogP contribution in [0.4, 0.5) is 5.69 Å². The third kappa shape index (κ3) is 4.33. The Labute approximate surface area is 144 Å². The lowest BCUT2D eigenvalue weighted by atomic mass is 10.2. The Morgan fingerprint density at radius 2 is 1.96 bits per heavy atom. The number of carbonyl (C=O) groups is 1. The fraction of sp³-hybridized carbons (Fsp3) is 0.222. The normalized spacial score (nSPS) is 10.9. The molecule has 118 valence electrons. The Balaban J connectivity index is 1.52. The molecule has 23 heavy (non-hydrogen) atoms. The monoisotopic (exact) mass is 342 g/mol. The summed E-state index contributed by atoms with van der Waals surface area (Å²) in [5, 5.41) is 3.99. The molecule has 3 nitrogen and oxygen atoms in total. The summed E-state index contributed by atoms with van der Waals surface area (Å²) >= 11 is 3.37. The number of rotatable bonds is 5. The molecule has 0 saturated heterocycles. The van der Waals surface area contributed by atoms with E-state index in [0.717, 1.165) is 26.7 Å². The van der Waals surface area contributed by atoms with Gasteiger partial charge in [0.05, 0.1) is 15.2 Å². The number of hydrogen-bond donors (Lipinski definition) is 1. The van der Waals surface area contributed by atoms with Gasteiger partial charge in [0.1, 0.15) is 0 Å². The van der Waals surface area contributed by atoms with Crippen molar-refractivity contribution in [2.24, 2.45) is 0 Å². The fourth-order valence-corrected chi connectivity index (χ4v) is 3.90. The van der Waals surface area contributed by atoms with Crippen LogP contribution in [-0.4, -0.2) is 16.6 Å². The first-order valence-corrected chi connectivity index (χ1v) is 9.27. The predicted molar refractivity (Wildman–Crippen MR) is 99.5 cm³/mol. The van der Waals surface area contributed by atoms with Crippen molar-refractivity contribution >= 4 is 44.9 Å². The SMILES string of the molecule is Cc1ccc(SCCC(=O)Nc2ccc3sc(C)nc3c2)cc1. The molecule has 0 saturated carbocycles. The van der Waals surface area contributed by atoms with Gasteiger partial charge in [-0.25, -0.2) is 4.98 Å². The molecule has 0 aliphatic carbocycles. The van der Waals surface area contributed by atoms with Crippen LogP contribution in [0.15, 0.2) is 47.4 Å². The predicted octanol–water partition coefficient (Wildman–Crippen LogP) is 5.03. The van der Waals surface area contributed by atoms with Gasteiger partial charge in [-0.05, 0) is 44.2 Å². The van der Waals surface area contributed by atoms with Crippen LogP contribution in [0.1, 0.15) is 17.0 Å². The molecule has 1 N–H and O–H groups in total. The second-order valence-corrected chi connectivity index (χ2v) is 7.78. The van der Waals surface area contributed by atoms with E-state index in [1.807, 2.05) is 25.1 Å². The highest BCUT2D eigenvalue weighted by Crippen LogP contribution is 2.25. The van der Waals surface area contributed by atoms with E-state index in [1.54, 1.807) is 23.1 Å². The van der Waals surface area contributed by atoms with E-state index >= 15 is 0 Å². The molecule has 0 spiro atoms. The number of anilines is 1. The number of carbonyl (C=O) groups excluding carboxylic acids is 1. The molecule has 0 radical (unpaired) electrons. The zero-order valence-electron chi connectivity index (χ0n) is 13.1. The van der Waals surface area contributed by atoms with Crippen LogP contribution in [-0.2, 0) is 4.79 Å². The number of hydrogen-bond acceptors (Lipinski definition) is 4. The summed E-state index contributed by atoms with van der Waals surface area (Å²) in [6.07, 6.45) is 0.493. The van der Waals surface area contributed by atoms with Crippen molar-refractivity contribution < 1.29 is 4.79 Å². The largest absolute Gasteiger partial charge is 0.326 e. The van der Waals surface area contributed by atoms with Gasteiger partial charge in [-0.2, -0.15) is 0 Å². The molecule has 0 bridgehead atoms. The van der Waals surface area contributed by atoms with Crippen LogP contribution in [0.25, 0.3) is 10.2 Å². The summed E-state index contributed by atoms with van der Waals surface area (Å²) in [5.41, 5.74) is 3.01. The maximum Gasteiger partial charge on any atom is 0.225 e. The summed E-state index contributed by atoms with van der Waals surface area (Å²) in [5.74, 6) is 0.809. The second-order valence-electron chi connectivity index (χ2n) is 5.38. The molecular weight excluding hydrogens is 324 g/mol. The Morgan fingerprint density at radius 1 is 1.17 bits per heavy atom. The molecule has 2 aromatic carbocycles. The average Bonchev–Trinajstić information content (AvgIpc) is 2.88. The van der Waals surface area contributed by atoms with E-state index in [4.69, 9.17) is 0 Å². The molecule has 0 aliphatic rings. The van der Waals surface area contributed by atoms with Crippen LogP contribution >= 0.6 is 23.1 Å². The molecular formula is C18H18N2OS2. The van der Waals surface area contributed by atoms with Gasteiger partial charge in [0.15, 0.2) is 0 Å². The number of nitrogens with one attached hydrogen (secondary N) is 1. The van der Waals surface area contributed by atoms with Gasteiger partial charge < -0.3 is 5.32 Å². The van der Waals surface area contributed by atoms with Crippen molar-refractivity contribution in [3.05, 3.63) is 53.0 Å². The van der Waals surface area contributed by atoms with Crippen molar-refractivity contribution in [3.8, 4) is 0 Å². The van der Waals surface area contributed by atoms with Gasteiger partial charge in [0.25, 0.3) is 0 Å². The topological polar surface area (TPSA) is 42.0 Å². The van der Waals surface area contributed by atoms with Gasteiger partial charge in [0, 0.05) is 22.8 Å². The van der Waals surface area contributed by atoms with E-state index in [-0.39, 0.29) is 5.91 Å². The molecule has 3 aromatic rings. The zero-order chi connectivity index (χ0) is 16.2. The van der Waals surface area contributed by atoms with Gasteiger partial charge in [-0.15, -0.1) is 23.1 Å². The summed E-state index contributed by atoms with van der Waals surface area (Å²) in [6, 6.07) is 14.2. The zero-order valence-corrected chi connectivity index (χ0v) is 14.8. The van der Waals surface area contributed by atoms with E-state index in [2.05, 4.69) is 41.5 Å². The van der Waals surface area contributed by atoms with Crippen LogP contribution in [0.2, 0.25) is 0 Å². The van der Waals surface area contributed by atoms with Crippen molar-refractivity contribution in [1.29, 1.82) is 0 Å². The first-order chi connectivity index (χ1) is 11.1. The van der Waals surface area contributed by atoms with E-state index in [1.165, 1.54) is 10.5 Å². The number of amides is 1. The Hall–Kier alpha value is -1.85. The Morgan fingerprint density at radius 3 is 2.74 bits per heavy atom. The highest BCUT2D eigenvalue weighted by atomic mass is 32.2. The van der Waals surface area contributed by atoms with E-state index in [0.29, 0.717) is 6.42 Å². The number of thiazole rings is 1. The van der Waals surface area contributed by atoms with Crippen LogP contribution in [0.5, 0.6) is 0 Å². The minimum Gasteiger partial charge on any atom is -0.326 e. The summed E-state index contributed by atoms with van der Waals surface area (Å²) < 4.78 is 1.15. The van der Waals surface area contributed by atoms with Gasteiger partial charge in [-0.3, -0.25) is 4.79 Å². The third-order valence-corrected chi connectivity index (χ3v) is 5.36. The highest BCUT2D eigenvalue weighted by Gasteiger charge is 2.06. The van der Waals surface area contributed by atoms with Crippen LogP contribution < -0.4 is 5.32 Å². The van der Waals surface area contributed by atoms with Crippen LogP contribution in [0.3, 0.4) is 0 Å². The standard InChI is InChI=1S/C18H18N2OS2/c1-12-3-6-15(7-4-12)22-10-9-18(21)20-14-5-8-17-16(11-14)19-13(2)23-17/h3-8,11H,9-10H2,1-2H3,(H,20,21). The van der Waals surface area contributed by atoms with E-state index < -0.39 is 0 Å². The van der Waals surface area contributed by atoms with E-state index in [9.17, 15) is 4.79 Å². The molecule has 1 aromatic heterocycles. The molecule has 0 aliphatic heterocycles. The number of thioether (sulfide) groups is 1. The molecule has 0 atom stereocenters. The first kappa shape index (κ1) is 16.0. The molecule has 5 heteroatoms. The maximum atomic E-state index is 12.1. The molecule has 0 fully saturated rings. The van der Waals surface area contributed by atoms with Crippen molar-refractivity contribution in [3.63, 3.8) is 0 Å². The van der Waals surface area contributed by atoms with Gasteiger partial charge >= 0.3 is 0 Å². The lowest BCUT2D eigenvalue weighted by Gasteiger charge is -2.05. The molecule has 1 heterocycles. The van der Waals surface area contributed by atoms with Gasteiger partial charge in [-0.1, -0.05) is 17.7 Å². The van der Waals surface area contributed by atoms with Crippen LogP contribution in [0, 0.1) is 13.8 Å². The second kappa shape index (κ2) is 7.15. The summed E-state index contributed by atoms with van der Waals surface area (Å²) in [7, 11) is 0. The fourth-order valence-electron chi connectivity index (χ4n) is 2.24. The maximum absolute atomic E-state index is 12.1. The Kier molecular flexibility index (Phi) is 4.98. The third-order valence-electron chi connectivity index (χ3n) is 3.40. The summed E-state index contributed by atoms with van der Waals surface area (Å²) in [6.45, 7) is 4.06. The number of nitrogens with zero attached hydrogens (tertiary/aromatic N) is 1. The molecule has 1 amide bonds. The lowest BCUT2D eigenvalue weighted by molar-refractivity contribution is -0.115. The number of aromatic nitrogens is 1.